The highest BCUT2D eigenvalue weighted by atomic mass is 35.5. The Morgan fingerprint density at radius 1 is 1.22 bits per heavy atom. The molecule has 0 atom stereocenters. The van der Waals surface area contributed by atoms with Gasteiger partial charge in [-0.2, -0.15) is 0 Å². The lowest BCUT2D eigenvalue weighted by Gasteiger charge is -2.10. The first-order chi connectivity index (χ1) is 11.0. The van der Waals surface area contributed by atoms with Gasteiger partial charge in [-0.25, -0.2) is 0 Å². The average molecular weight is 332 g/mol. The molecule has 0 aliphatic carbocycles. The maximum Gasteiger partial charge on any atom is 0.252 e. The number of rotatable bonds is 7. The highest BCUT2D eigenvalue weighted by Crippen LogP contribution is 2.11. The molecule has 0 bridgehead atoms. The SMILES string of the molecule is CC(C)CNc1cncc(C(=O)NCCc2ccc(Cl)cc2)c1. The molecule has 2 aromatic rings. The van der Waals surface area contributed by atoms with E-state index in [2.05, 4.69) is 29.5 Å². The van der Waals surface area contributed by atoms with Crippen LogP contribution >= 0.6 is 11.6 Å². The van der Waals surface area contributed by atoms with Crippen LogP contribution in [0.4, 0.5) is 5.69 Å². The van der Waals surface area contributed by atoms with E-state index < -0.39 is 0 Å². The molecule has 0 radical (unpaired) electrons. The number of carbonyl (C=O) groups excluding carboxylic acids is 1. The molecule has 1 heterocycles. The molecule has 0 aliphatic rings. The smallest absolute Gasteiger partial charge is 0.252 e. The van der Waals surface area contributed by atoms with Crippen molar-refractivity contribution in [1.29, 1.82) is 0 Å². The minimum Gasteiger partial charge on any atom is -0.384 e. The Morgan fingerprint density at radius 2 is 1.96 bits per heavy atom. The number of anilines is 1. The van der Waals surface area contributed by atoms with E-state index in [4.69, 9.17) is 11.6 Å². The molecule has 5 heteroatoms. The minimum atomic E-state index is -0.111. The lowest BCUT2D eigenvalue weighted by molar-refractivity contribution is 0.0954. The molecule has 1 aromatic heterocycles. The van der Waals surface area contributed by atoms with Crippen LogP contribution in [0, 0.1) is 5.92 Å². The summed E-state index contributed by atoms with van der Waals surface area (Å²) in [5.74, 6) is 0.423. The molecule has 0 unspecified atom stereocenters. The lowest BCUT2D eigenvalue weighted by Crippen LogP contribution is -2.26. The van der Waals surface area contributed by atoms with Crippen LogP contribution < -0.4 is 10.6 Å². The third kappa shape index (κ3) is 5.91. The largest absolute Gasteiger partial charge is 0.384 e. The highest BCUT2D eigenvalue weighted by molar-refractivity contribution is 6.30. The monoisotopic (exact) mass is 331 g/mol. The number of nitrogens with zero attached hydrogens (tertiary/aromatic N) is 1. The number of hydrogen-bond donors (Lipinski definition) is 2. The fourth-order valence-corrected chi connectivity index (χ4v) is 2.18. The van der Waals surface area contributed by atoms with Gasteiger partial charge in [0, 0.05) is 30.5 Å². The third-order valence-electron chi connectivity index (χ3n) is 3.33. The number of benzene rings is 1. The van der Waals surface area contributed by atoms with E-state index >= 15 is 0 Å². The Morgan fingerprint density at radius 3 is 2.65 bits per heavy atom. The standard InChI is InChI=1S/C18H22ClN3O/c1-13(2)10-22-17-9-15(11-20-12-17)18(23)21-8-7-14-3-5-16(19)6-4-14/h3-6,9,11-13,22H,7-8,10H2,1-2H3,(H,21,23). The van der Waals surface area contributed by atoms with Crippen molar-refractivity contribution >= 4 is 23.2 Å². The summed E-state index contributed by atoms with van der Waals surface area (Å²) < 4.78 is 0. The van der Waals surface area contributed by atoms with Gasteiger partial charge in [0.1, 0.15) is 0 Å². The number of halogens is 1. The van der Waals surface area contributed by atoms with Crippen molar-refractivity contribution in [3.05, 3.63) is 58.9 Å². The molecule has 1 aromatic carbocycles. The summed E-state index contributed by atoms with van der Waals surface area (Å²) >= 11 is 5.85. The van der Waals surface area contributed by atoms with Gasteiger partial charge in [-0.15, -0.1) is 0 Å². The van der Waals surface area contributed by atoms with E-state index in [-0.39, 0.29) is 5.91 Å². The molecule has 2 rings (SSSR count). The van der Waals surface area contributed by atoms with Crippen LogP contribution in [0.2, 0.25) is 5.02 Å². The zero-order chi connectivity index (χ0) is 16.7. The Balaban J connectivity index is 1.85. The summed E-state index contributed by atoms with van der Waals surface area (Å²) in [5.41, 5.74) is 2.57. The Hall–Kier alpha value is -2.07. The number of nitrogens with one attached hydrogen (secondary N) is 2. The maximum absolute atomic E-state index is 12.2. The molecule has 122 valence electrons. The van der Waals surface area contributed by atoms with Gasteiger partial charge >= 0.3 is 0 Å². The van der Waals surface area contributed by atoms with Crippen LogP contribution in [-0.2, 0) is 6.42 Å². The van der Waals surface area contributed by atoms with Crippen LogP contribution in [0.25, 0.3) is 0 Å². The van der Waals surface area contributed by atoms with Crippen molar-refractivity contribution in [2.45, 2.75) is 20.3 Å². The van der Waals surface area contributed by atoms with E-state index in [1.165, 1.54) is 0 Å². The lowest BCUT2D eigenvalue weighted by atomic mass is 10.1. The molecule has 0 saturated heterocycles. The van der Waals surface area contributed by atoms with Crippen LogP contribution in [0.3, 0.4) is 0 Å². The van der Waals surface area contributed by atoms with Gasteiger partial charge in [-0.3, -0.25) is 9.78 Å². The molecule has 4 nitrogen and oxygen atoms in total. The first-order valence-corrected chi connectivity index (χ1v) is 8.14. The summed E-state index contributed by atoms with van der Waals surface area (Å²) in [6.07, 6.45) is 4.08. The Labute approximate surface area is 142 Å². The van der Waals surface area contributed by atoms with Crippen molar-refractivity contribution in [2.75, 3.05) is 18.4 Å². The zero-order valence-corrected chi connectivity index (χ0v) is 14.2. The number of amides is 1. The Kier molecular flexibility index (Phi) is 6.41. The van der Waals surface area contributed by atoms with E-state index in [0.717, 1.165) is 29.2 Å². The fourth-order valence-electron chi connectivity index (χ4n) is 2.06. The number of pyridine rings is 1. The van der Waals surface area contributed by atoms with Crippen LogP contribution in [0.15, 0.2) is 42.7 Å². The van der Waals surface area contributed by atoms with E-state index in [9.17, 15) is 4.79 Å². The fraction of sp³-hybridized carbons (Fsp3) is 0.333. The second-order valence-electron chi connectivity index (χ2n) is 5.87. The second-order valence-corrected chi connectivity index (χ2v) is 6.31. The van der Waals surface area contributed by atoms with Crippen molar-refractivity contribution in [3.8, 4) is 0 Å². The zero-order valence-electron chi connectivity index (χ0n) is 13.5. The van der Waals surface area contributed by atoms with Gasteiger partial charge < -0.3 is 10.6 Å². The van der Waals surface area contributed by atoms with Gasteiger partial charge in [0.05, 0.1) is 11.3 Å². The first-order valence-electron chi connectivity index (χ1n) is 7.76. The predicted octanol–water partition coefficient (Wildman–Crippen LogP) is 3.78. The summed E-state index contributed by atoms with van der Waals surface area (Å²) in [4.78, 5) is 16.3. The second kappa shape index (κ2) is 8.53. The van der Waals surface area contributed by atoms with Gasteiger partial charge in [-0.05, 0) is 36.1 Å². The van der Waals surface area contributed by atoms with Gasteiger partial charge in [0.2, 0.25) is 0 Å². The molecule has 0 fully saturated rings. The quantitative estimate of drug-likeness (QED) is 0.812. The van der Waals surface area contributed by atoms with Gasteiger partial charge in [0.25, 0.3) is 5.91 Å². The Bertz CT molecular complexity index is 641. The molecular weight excluding hydrogens is 310 g/mol. The number of carbonyl (C=O) groups is 1. The molecule has 0 aliphatic heterocycles. The van der Waals surface area contributed by atoms with Crippen molar-refractivity contribution in [2.24, 2.45) is 5.92 Å². The predicted molar refractivity (Wildman–Crippen MR) is 95.1 cm³/mol. The highest BCUT2D eigenvalue weighted by Gasteiger charge is 2.07. The van der Waals surface area contributed by atoms with Crippen LogP contribution in [-0.4, -0.2) is 24.0 Å². The van der Waals surface area contributed by atoms with Gasteiger partial charge in [0.15, 0.2) is 0 Å². The van der Waals surface area contributed by atoms with Crippen molar-refractivity contribution < 1.29 is 4.79 Å². The van der Waals surface area contributed by atoms with E-state index in [1.807, 2.05) is 30.3 Å². The van der Waals surface area contributed by atoms with Crippen molar-refractivity contribution in [1.82, 2.24) is 10.3 Å². The molecular formula is C18H22ClN3O. The third-order valence-corrected chi connectivity index (χ3v) is 3.58. The topological polar surface area (TPSA) is 54.0 Å². The first kappa shape index (κ1) is 17.3. The normalized spacial score (nSPS) is 10.6. The van der Waals surface area contributed by atoms with Crippen LogP contribution in [0.1, 0.15) is 29.8 Å². The summed E-state index contributed by atoms with van der Waals surface area (Å²) in [6, 6.07) is 9.46. The molecule has 23 heavy (non-hydrogen) atoms. The molecule has 0 saturated carbocycles. The summed E-state index contributed by atoms with van der Waals surface area (Å²) in [6.45, 7) is 5.69. The molecule has 0 spiro atoms. The molecule has 2 N–H and O–H groups in total. The van der Waals surface area contributed by atoms with Gasteiger partial charge in [-0.1, -0.05) is 37.6 Å². The summed E-state index contributed by atoms with van der Waals surface area (Å²) in [7, 11) is 0. The molecule has 1 amide bonds. The van der Waals surface area contributed by atoms with E-state index in [1.54, 1.807) is 12.4 Å². The minimum absolute atomic E-state index is 0.111. The summed E-state index contributed by atoms with van der Waals surface area (Å²) in [5, 5.41) is 6.90. The van der Waals surface area contributed by atoms with E-state index in [0.29, 0.717) is 18.0 Å². The van der Waals surface area contributed by atoms with Crippen molar-refractivity contribution in [3.63, 3.8) is 0 Å². The number of hydrogen-bond acceptors (Lipinski definition) is 3. The number of aromatic nitrogens is 1. The maximum atomic E-state index is 12.2. The van der Waals surface area contributed by atoms with Crippen LogP contribution in [0.5, 0.6) is 0 Å². The average Bonchev–Trinajstić information content (AvgIpc) is 2.55.